The van der Waals surface area contributed by atoms with Crippen LogP contribution in [-0.2, 0) is 0 Å². The molecule has 0 aliphatic rings. The first kappa shape index (κ1) is 15.2. The second-order valence-corrected chi connectivity index (χ2v) is 5.85. The Morgan fingerprint density at radius 2 is 2.24 bits per heavy atom. The highest BCUT2D eigenvalue weighted by molar-refractivity contribution is 7.12. The minimum Gasteiger partial charge on any atom is -0.357 e. The van der Waals surface area contributed by atoms with Crippen LogP contribution in [0.1, 0.15) is 29.6 Å². The van der Waals surface area contributed by atoms with Crippen molar-refractivity contribution in [2.75, 3.05) is 17.2 Å². The van der Waals surface area contributed by atoms with Crippen LogP contribution in [0, 0.1) is 17.0 Å². The van der Waals surface area contributed by atoms with E-state index in [2.05, 4.69) is 20.6 Å². The van der Waals surface area contributed by atoms with Crippen molar-refractivity contribution in [3.63, 3.8) is 0 Å². The number of thiophene rings is 1. The maximum atomic E-state index is 11.1. The molecule has 0 saturated carbocycles. The summed E-state index contributed by atoms with van der Waals surface area (Å²) in [5, 5.41) is 17.1. The molecular formula is C13H17N5O2S. The Kier molecular flexibility index (Phi) is 4.69. The van der Waals surface area contributed by atoms with Gasteiger partial charge in [0, 0.05) is 16.3 Å². The molecular weight excluding hydrogens is 290 g/mol. The third-order valence-electron chi connectivity index (χ3n) is 2.84. The molecule has 0 saturated heterocycles. The SMILES string of the molecule is CCNc1ncc([N+](=O)[O-])c(NC(C)c2ccc(C)s2)n1. The molecule has 1 atom stereocenters. The molecule has 7 nitrogen and oxygen atoms in total. The average Bonchev–Trinajstić information content (AvgIpc) is 2.86. The molecule has 2 heterocycles. The van der Waals surface area contributed by atoms with E-state index in [1.54, 1.807) is 11.3 Å². The van der Waals surface area contributed by atoms with E-state index in [0.717, 1.165) is 4.88 Å². The Balaban J connectivity index is 2.27. The molecule has 8 heteroatoms. The van der Waals surface area contributed by atoms with Gasteiger partial charge in [-0.1, -0.05) is 0 Å². The lowest BCUT2D eigenvalue weighted by Gasteiger charge is -2.13. The predicted octanol–water partition coefficient (Wildman–Crippen LogP) is 3.36. The topological polar surface area (TPSA) is 93.0 Å². The van der Waals surface area contributed by atoms with Gasteiger partial charge in [-0.2, -0.15) is 4.98 Å². The Hall–Kier alpha value is -2.22. The maximum Gasteiger partial charge on any atom is 0.329 e. The van der Waals surface area contributed by atoms with Gasteiger partial charge >= 0.3 is 5.69 Å². The first-order valence-electron chi connectivity index (χ1n) is 6.59. The lowest BCUT2D eigenvalue weighted by Crippen LogP contribution is -2.11. The van der Waals surface area contributed by atoms with Gasteiger partial charge in [0.1, 0.15) is 6.20 Å². The minimum absolute atomic E-state index is 0.0632. The van der Waals surface area contributed by atoms with E-state index in [1.807, 2.05) is 32.9 Å². The van der Waals surface area contributed by atoms with Gasteiger partial charge in [0.2, 0.25) is 11.8 Å². The van der Waals surface area contributed by atoms with Crippen LogP contribution in [-0.4, -0.2) is 21.4 Å². The number of rotatable bonds is 6. The van der Waals surface area contributed by atoms with Crippen LogP contribution in [0.5, 0.6) is 0 Å². The summed E-state index contributed by atoms with van der Waals surface area (Å²) >= 11 is 1.65. The monoisotopic (exact) mass is 307 g/mol. The number of nitrogens with one attached hydrogen (secondary N) is 2. The zero-order chi connectivity index (χ0) is 15.4. The molecule has 0 fully saturated rings. The summed E-state index contributed by atoms with van der Waals surface area (Å²) in [7, 11) is 0. The van der Waals surface area contributed by atoms with E-state index in [4.69, 9.17) is 0 Å². The van der Waals surface area contributed by atoms with Crippen molar-refractivity contribution in [2.45, 2.75) is 26.8 Å². The highest BCUT2D eigenvalue weighted by atomic mass is 32.1. The lowest BCUT2D eigenvalue weighted by molar-refractivity contribution is -0.384. The van der Waals surface area contributed by atoms with E-state index < -0.39 is 4.92 Å². The summed E-state index contributed by atoms with van der Waals surface area (Å²) in [5.74, 6) is 0.602. The summed E-state index contributed by atoms with van der Waals surface area (Å²) in [6, 6.07) is 3.97. The van der Waals surface area contributed by atoms with E-state index >= 15 is 0 Å². The molecule has 0 aliphatic carbocycles. The molecule has 0 aromatic carbocycles. The Labute approximate surface area is 126 Å². The first-order valence-corrected chi connectivity index (χ1v) is 7.41. The largest absolute Gasteiger partial charge is 0.357 e. The van der Waals surface area contributed by atoms with Gasteiger partial charge in [-0.05, 0) is 32.9 Å². The van der Waals surface area contributed by atoms with Crippen molar-refractivity contribution in [3.05, 3.63) is 38.2 Å². The Morgan fingerprint density at radius 3 is 2.81 bits per heavy atom. The number of anilines is 2. The fourth-order valence-electron chi connectivity index (χ4n) is 1.82. The van der Waals surface area contributed by atoms with E-state index in [-0.39, 0.29) is 17.5 Å². The van der Waals surface area contributed by atoms with E-state index in [1.165, 1.54) is 11.1 Å². The Bertz CT molecular complexity index is 643. The third-order valence-corrected chi connectivity index (χ3v) is 4.03. The quantitative estimate of drug-likeness (QED) is 0.628. The van der Waals surface area contributed by atoms with Gasteiger partial charge in [-0.25, -0.2) is 4.98 Å². The standard InChI is InChI=1S/C13H17N5O2S/c1-4-14-13-15-7-10(18(19)20)12(17-13)16-9(3)11-6-5-8(2)21-11/h5-7,9H,4H2,1-3H3,(H2,14,15,16,17). The second-order valence-electron chi connectivity index (χ2n) is 4.53. The molecule has 2 aromatic rings. The number of hydrogen-bond donors (Lipinski definition) is 2. The average molecular weight is 307 g/mol. The molecule has 0 bridgehead atoms. The molecule has 2 rings (SSSR count). The van der Waals surface area contributed by atoms with Crippen molar-refractivity contribution in [2.24, 2.45) is 0 Å². The van der Waals surface area contributed by atoms with Gasteiger partial charge in [0.15, 0.2) is 0 Å². The van der Waals surface area contributed by atoms with Crippen LogP contribution >= 0.6 is 11.3 Å². The smallest absolute Gasteiger partial charge is 0.329 e. The molecule has 21 heavy (non-hydrogen) atoms. The normalized spacial score (nSPS) is 12.0. The van der Waals surface area contributed by atoms with Crippen molar-refractivity contribution in [1.82, 2.24) is 9.97 Å². The Morgan fingerprint density at radius 1 is 1.48 bits per heavy atom. The summed E-state index contributed by atoms with van der Waals surface area (Å²) in [6.07, 6.45) is 1.22. The summed E-state index contributed by atoms with van der Waals surface area (Å²) in [4.78, 5) is 21.0. The van der Waals surface area contributed by atoms with Crippen LogP contribution in [0.4, 0.5) is 17.5 Å². The van der Waals surface area contributed by atoms with Crippen molar-refractivity contribution in [3.8, 4) is 0 Å². The molecule has 0 radical (unpaired) electrons. The van der Waals surface area contributed by atoms with Gasteiger partial charge < -0.3 is 10.6 Å². The number of aryl methyl sites for hydroxylation is 1. The number of aromatic nitrogens is 2. The molecule has 2 N–H and O–H groups in total. The highest BCUT2D eigenvalue weighted by Gasteiger charge is 2.20. The second kappa shape index (κ2) is 6.49. The van der Waals surface area contributed by atoms with Crippen molar-refractivity contribution >= 4 is 28.8 Å². The zero-order valence-corrected chi connectivity index (χ0v) is 12.9. The highest BCUT2D eigenvalue weighted by Crippen LogP contribution is 2.29. The predicted molar refractivity (Wildman–Crippen MR) is 83.9 cm³/mol. The first-order chi connectivity index (χ1) is 10.0. The van der Waals surface area contributed by atoms with Gasteiger partial charge in [-0.15, -0.1) is 11.3 Å². The lowest BCUT2D eigenvalue weighted by atomic mass is 10.2. The molecule has 0 aliphatic heterocycles. The van der Waals surface area contributed by atoms with Crippen LogP contribution in [0.25, 0.3) is 0 Å². The molecule has 0 spiro atoms. The molecule has 112 valence electrons. The van der Waals surface area contributed by atoms with Crippen molar-refractivity contribution < 1.29 is 4.92 Å². The fraction of sp³-hybridized carbons (Fsp3) is 0.385. The number of hydrogen-bond acceptors (Lipinski definition) is 7. The fourth-order valence-corrected chi connectivity index (χ4v) is 2.70. The van der Waals surface area contributed by atoms with Crippen LogP contribution in [0.3, 0.4) is 0 Å². The van der Waals surface area contributed by atoms with Crippen LogP contribution < -0.4 is 10.6 Å². The van der Waals surface area contributed by atoms with Gasteiger partial charge in [-0.3, -0.25) is 10.1 Å². The maximum absolute atomic E-state index is 11.1. The van der Waals surface area contributed by atoms with E-state index in [0.29, 0.717) is 12.5 Å². The summed E-state index contributed by atoms with van der Waals surface area (Å²) in [5.41, 5.74) is -0.128. The van der Waals surface area contributed by atoms with Gasteiger partial charge in [0.05, 0.1) is 11.0 Å². The summed E-state index contributed by atoms with van der Waals surface area (Å²) in [6.45, 7) is 6.53. The number of nitrogens with zero attached hydrogens (tertiary/aromatic N) is 3. The third kappa shape index (κ3) is 3.66. The molecule has 2 aromatic heterocycles. The minimum atomic E-state index is -0.482. The molecule has 0 amide bonds. The van der Waals surface area contributed by atoms with Gasteiger partial charge in [0.25, 0.3) is 0 Å². The number of nitro groups is 1. The zero-order valence-electron chi connectivity index (χ0n) is 12.1. The van der Waals surface area contributed by atoms with Crippen molar-refractivity contribution in [1.29, 1.82) is 0 Å². The molecule has 1 unspecified atom stereocenters. The van der Waals surface area contributed by atoms with E-state index in [9.17, 15) is 10.1 Å². The van der Waals surface area contributed by atoms with Crippen LogP contribution in [0.15, 0.2) is 18.3 Å². The summed E-state index contributed by atoms with van der Waals surface area (Å²) < 4.78 is 0. The van der Waals surface area contributed by atoms with Crippen LogP contribution in [0.2, 0.25) is 0 Å².